The Morgan fingerprint density at radius 3 is 1.85 bits per heavy atom. The van der Waals surface area contributed by atoms with Gasteiger partial charge in [-0.25, -0.2) is 4.98 Å². The Balaban J connectivity index is 1.83. The molecule has 2 aromatic heterocycles. The molecule has 4 nitrogen and oxygen atoms in total. The van der Waals surface area contributed by atoms with Gasteiger partial charge in [0.1, 0.15) is 17.1 Å². The zero-order chi connectivity index (χ0) is 22.4. The number of ether oxygens (including phenoxy) is 2. The van der Waals surface area contributed by atoms with Gasteiger partial charge in [-0.2, -0.15) is 0 Å². The van der Waals surface area contributed by atoms with Gasteiger partial charge in [-0.15, -0.1) is 0 Å². The van der Waals surface area contributed by atoms with Crippen LogP contribution < -0.4 is 9.47 Å². The second-order valence-electron chi connectivity index (χ2n) is 7.99. The molecule has 0 aliphatic rings. The highest BCUT2D eigenvalue weighted by Crippen LogP contribution is 2.42. The Hall–Kier alpha value is -4.31. The topological polar surface area (TPSA) is 35.8 Å². The molecule has 0 atom stereocenters. The summed E-state index contributed by atoms with van der Waals surface area (Å²) in [5, 5.41) is 2.29. The first-order valence-corrected chi connectivity index (χ1v) is 10.9. The fourth-order valence-electron chi connectivity index (χ4n) is 4.64. The molecule has 0 N–H and O–H groups in total. The van der Waals surface area contributed by atoms with Gasteiger partial charge in [0.2, 0.25) is 0 Å². The van der Waals surface area contributed by atoms with Gasteiger partial charge in [-0.1, -0.05) is 48.5 Å². The smallest absolute Gasteiger partial charge is 0.146 e. The van der Waals surface area contributed by atoms with Crippen LogP contribution in [0.2, 0.25) is 0 Å². The van der Waals surface area contributed by atoms with E-state index < -0.39 is 0 Å². The van der Waals surface area contributed by atoms with Gasteiger partial charge in [0.05, 0.1) is 30.9 Å². The number of rotatable bonds is 4. The number of aromatic nitrogens is 2. The quantitative estimate of drug-likeness (QED) is 0.302. The molecule has 33 heavy (non-hydrogen) atoms. The van der Waals surface area contributed by atoms with E-state index in [0.29, 0.717) is 0 Å². The van der Waals surface area contributed by atoms with E-state index in [1.54, 1.807) is 14.2 Å². The summed E-state index contributed by atoms with van der Waals surface area (Å²) in [4.78, 5) is 5.04. The van der Waals surface area contributed by atoms with Crippen molar-refractivity contribution in [1.82, 2.24) is 9.38 Å². The van der Waals surface area contributed by atoms with E-state index in [2.05, 4.69) is 71.1 Å². The molecule has 0 radical (unpaired) electrons. The summed E-state index contributed by atoms with van der Waals surface area (Å²) in [5.41, 5.74) is 7.50. The Labute approximate surface area is 191 Å². The van der Waals surface area contributed by atoms with Crippen LogP contribution in [-0.4, -0.2) is 23.6 Å². The van der Waals surface area contributed by atoms with Crippen LogP contribution in [0.5, 0.6) is 11.5 Å². The lowest BCUT2D eigenvalue weighted by atomic mass is 9.93. The minimum absolute atomic E-state index is 0.831. The Kier molecular flexibility index (Phi) is 4.51. The largest absolute Gasteiger partial charge is 0.497 e. The van der Waals surface area contributed by atoms with Crippen molar-refractivity contribution in [3.8, 4) is 33.9 Å². The Morgan fingerprint density at radius 2 is 1.18 bits per heavy atom. The van der Waals surface area contributed by atoms with Gasteiger partial charge in [0.15, 0.2) is 0 Å². The third-order valence-electron chi connectivity index (χ3n) is 6.20. The molecular formula is C29H22N2O2. The number of para-hydroxylation sites is 2. The highest BCUT2D eigenvalue weighted by atomic mass is 16.5. The van der Waals surface area contributed by atoms with E-state index in [0.717, 1.165) is 61.3 Å². The van der Waals surface area contributed by atoms with Crippen molar-refractivity contribution >= 4 is 27.5 Å². The summed E-state index contributed by atoms with van der Waals surface area (Å²) >= 11 is 0. The highest BCUT2D eigenvalue weighted by Gasteiger charge is 2.20. The van der Waals surface area contributed by atoms with Crippen molar-refractivity contribution < 1.29 is 9.47 Å². The number of methoxy groups -OCH3 is 2. The predicted molar refractivity (Wildman–Crippen MR) is 134 cm³/mol. The van der Waals surface area contributed by atoms with Crippen LogP contribution in [0.3, 0.4) is 0 Å². The molecule has 0 saturated carbocycles. The van der Waals surface area contributed by atoms with Crippen LogP contribution in [0.1, 0.15) is 0 Å². The summed E-state index contributed by atoms with van der Waals surface area (Å²) in [5.74, 6) is 1.67. The van der Waals surface area contributed by atoms with Crippen molar-refractivity contribution in [3.63, 3.8) is 0 Å². The summed E-state index contributed by atoms with van der Waals surface area (Å²) in [6.45, 7) is 0. The number of pyridine rings is 1. The maximum absolute atomic E-state index is 5.43. The average molecular weight is 431 g/mol. The van der Waals surface area contributed by atoms with Crippen LogP contribution in [0.15, 0.2) is 97.1 Å². The summed E-state index contributed by atoms with van der Waals surface area (Å²) in [7, 11) is 3.38. The first-order valence-electron chi connectivity index (χ1n) is 10.9. The highest BCUT2D eigenvalue weighted by molar-refractivity contribution is 6.10. The Bertz CT molecular complexity index is 1610. The van der Waals surface area contributed by atoms with Gasteiger partial charge in [0.25, 0.3) is 0 Å². The summed E-state index contributed by atoms with van der Waals surface area (Å²) < 4.78 is 13.1. The van der Waals surface area contributed by atoms with Crippen molar-refractivity contribution in [3.05, 3.63) is 97.1 Å². The van der Waals surface area contributed by atoms with E-state index in [-0.39, 0.29) is 0 Å². The molecule has 0 bridgehead atoms. The molecule has 0 unspecified atom stereocenters. The van der Waals surface area contributed by atoms with Crippen LogP contribution in [0, 0.1) is 0 Å². The number of hydrogen-bond donors (Lipinski definition) is 0. The van der Waals surface area contributed by atoms with Gasteiger partial charge in [-0.05, 0) is 65.0 Å². The van der Waals surface area contributed by atoms with Gasteiger partial charge >= 0.3 is 0 Å². The zero-order valence-corrected chi connectivity index (χ0v) is 18.4. The number of nitrogens with zero attached hydrogens (tertiary/aromatic N) is 2. The number of hydrogen-bond acceptors (Lipinski definition) is 3. The second kappa shape index (κ2) is 7.68. The molecule has 0 aliphatic carbocycles. The van der Waals surface area contributed by atoms with Crippen molar-refractivity contribution in [1.29, 1.82) is 0 Å². The minimum Gasteiger partial charge on any atom is -0.497 e. The number of fused-ring (bicyclic) bond motifs is 5. The molecule has 2 heterocycles. The predicted octanol–water partition coefficient (Wildman–Crippen LogP) is 6.99. The van der Waals surface area contributed by atoms with Gasteiger partial charge in [0, 0.05) is 10.9 Å². The molecule has 6 aromatic rings. The monoisotopic (exact) mass is 430 g/mol. The van der Waals surface area contributed by atoms with E-state index in [9.17, 15) is 0 Å². The lowest BCUT2D eigenvalue weighted by Crippen LogP contribution is -1.99. The maximum Gasteiger partial charge on any atom is 0.146 e. The minimum atomic E-state index is 0.831. The lowest BCUT2D eigenvalue weighted by molar-refractivity contribution is 0.414. The summed E-state index contributed by atoms with van der Waals surface area (Å²) in [6.07, 6.45) is 0. The number of benzene rings is 4. The molecule has 160 valence electrons. The molecule has 4 aromatic carbocycles. The van der Waals surface area contributed by atoms with Gasteiger partial charge < -0.3 is 9.47 Å². The lowest BCUT2D eigenvalue weighted by Gasteiger charge is -2.18. The normalized spacial score (nSPS) is 11.3. The maximum atomic E-state index is 5.43. The van der Waals surface area contributed by atoms with E-state index in [4.69, 9.17) is 14.5 Å². The van der Waals surface area contributed by atoms with Crippen LogP contribution in [-0.2, 0) is 0 Å². The average Bonchev–Trinajstić information content (AvgIpc) is 3.28. The van der Waals surface area contributed by atoms with Crippen molar-refractivity contribution in [2.24, 2.45) is 0 Å². The first kappa shape index (κ1) is 19.4. The third kappa shape index (κ3) is 3.03. The first-order chi connectivity index (χ1) is 16.3. The molecule has 0 fully saturated rings. The molecule has 0 spiro atoms. The third-order valence-corrected chi connectivity index (χ3v) is 6.20. The molecule has 6 rings (SSSR count). The van der Waals surface area contributed by atoms with E-state index in [1.807, 2.05) is 30.3 Å². The fraction of sp³-hybridized carbons (Fsp3) is 0.0690. The van der Waals surface area contributed by atoms with Crippen molar-refractivity contribution in [2.45, 2.75) is 0 Å². The molecule has 4 heteroatoms. The SMILES string of the molecule is COc1ccc(-c2c(-c3ccc(OC)cc3)n3c4ccccc4nc3c3ccccc23)cc1. The summed E-state index contributed by atoms with van der Waals surface area (Å²) in [6, 6.07) is 33.3. The fourth-order valence-corrected chi connectivity index (χ4v) is 4.64. The van der Waals surface area contributed by atoms with E-state index in [1.165, 1.54) is 0 Å². The molecule has 0 aliphatic heterocycles. The van der Waals surface area contributed by atoms with Gasteiger partial charge in [-0.3, -0.25) is 4.40 Å². The number of imidazole rings is 1. The molecular weight excluding hydrogens is 408 g/mol. The van der Waals surface area contributed by atoms with Crippen LogP contribution >= 0.6 is 0 Å². The van der Waals surface area contributed by atoms with Crippen molar-refractivity contribution in [2.75, 3.05) is 14.2 Å². The Morgan fingerprint density at radius 1 is 0.606 bits per heavy atom. The molecule has 0 saturated heterocycles. The molecule has 0 amide bonds. The van der Waals surface area contributed by atoms with E-state index >= 15 is 0 Å². The zero-order valence-electron chi connectivity index (χ0n) is 18.4. The van der Waals surface area contributed by atoms with Crippen LogP contribution in [0.25, 0.3) is 49.8 Å². The standard InChI is InChI=1S/C29H22N2O2/c1-32-21-15-11-19(12-16-21)27-23-7-3-4-8-24(23)29-30-25-9-5-6-10-26(25)31(29)28(27)20-13-17-22(33-2)18-14-20/h3-18H,1-2H3. The van der Waals surface area contributed by atoms with Crippen LogP contribution in [0.4, 0.5) is 0 Å². The second-order valence-corrected chi connectivity index (χ2v) is 7.99.